The van der Waals surface area contributed by atoms with Gasteiger partial charge in [0.2, 0.25) is 5.91 Å². The van der Waals surface area contributed by atoms with Crippen LogP contribution in [0.5, 0.6) is 0 Å². The first-order chi connectivity index (χ1) is 10.7. The van der Waals surface area contributed by atoms with Crippen LogP contribution in [0.3, 0.4) is 0 Å². The van der Waals surface area contributed by atoms with E-state index in [-0.39, 0.29) is 30.5 Å². The van der Waals surface area contributed by atoms with Gasteiger partial charge in [-0.2, -0.15) is 5.10 Å². The molecule has 1 aliphatic rings. The second kappa shape index (κ2) is 6.24. The third-order valence-electron chi connectivity index (χ3n) is 5.58. The molecule has 0 saturated heterocycles. The van der Waals surface area contributed by atoms with Gasteiger partial charge >= 0.3 is 0 Å². The number of aryl methyl sites for hydroxylation is 2. The van der Waals surface area contributed by atoms with E-state index in [1.807, 2.05) is 41.7 Å². The van der Waals surface area contributed by atoms with Crippen molar-refractivity contribution in [3.63, 3.8) is 0 Å². The second-order valence-corrected chi connectivity index (χ2v) is 7.11. The molecule has 1 heterocycles. The summed E-state index contributed by atoms with van der Waals surface area (Å²) >= 11 is 0. The minimum Gasteiger partial charge on any atom is -0.394 e. The van der Waals surface area contributed by atoms with Crippen molar-refractivity contribution < 1.29 is 14.6 Å². The molecule has 1 aromatic heterocycles. The van der Waals surface area contributed by atoms with Crippen LogP contribution in [-0.2, 0) is 23.0 Å². The van der Waals surface area contributed by atoms with Gasteiger partial charge in [-0.25, -0.2) is 0 Å². The van der Waals surface area contributed by atoms with Crippen molar-refractivity contribution in [3.8, 4) is 0 Å². The molecule has 1 fully saturated rings. The Morgan fingerprint density at radius 3 is 2.57 bits per heavy atom. The van der Waals surface area contributed by atoms with Gasteiger partial charge in [0.15, 0.2) is 0 Å². The first-order valence-corrected chi connectivity index (χ1v) is 8.21. The zero-order valence-electron chi connectivity index (χ0n) is 15.1. The Hall–Kier alpha value is -1.40. The largest absolute Gasteiger partial charge is 0.394 e. The number of aliphatic hydroxyl groups excluding tert-OH is 1. The lowest BCUT2D eigenvalue weighted by atomic mass is 9.54. The zero-order valence-corrected chi connectivity index (χ0v) is 15.1. The van der Waals surface area contributed by atoms with E-state index in [0.717, 1.165) is 17.0 Å². The lowest BCUT2D eigenvalue weighted by Crippen LogP contribution is -2.74. The van der Waals surface area contributed by atoms with E-state index in [1.54, 1.807) is 4.68 Å². The third-order valence-corrected chi connectivity index (χ3v) is 5.58. The average molecular weight is 323 g/mol. The maximum Gasteiger partial charge on any atom is 0.225 e. The molecule has 0 aromatic carbocycles. The van der Waals surface area contributed by atoms with Gasteiger partial charge in [-0.05, 0) is 20.8 Å². The summed E-state index contributed by atoms with van der Waals surface area (Å²) in [7, 11) is 1.88. The average Bonchev–Trinajstić information content (AvgIpc) is 2.72. The number of aliphatic hydroxyl groups is 1. The monoisotopic (exact) mass is 323 g/mol. The van der Waals surface area contributed by atoms with Crippen molar-refractivity contribution in [1.29, 1.82) is 0 Å². The van der Waals surface area contributed by atoms with Gasteiger partial charge in [-0.15, -0.1) is 0 Å². The summed E-state index contributed by atoms with van der Waals surface area (Å²) in [6.07, 6.45) is 0.978. The Bertz CT molecular complexity index is 594. The van der Waals surface area contributed by atoms with Crippen molar-refractivity contribution in [1.82, 2.24) is 15.1 Å². The van der Waals surface area contributed by atoms with Crippen LogP contribution in [0.4, 0.5) is 0 Å². The maximum atomic E-state index is 12.5. The summed E-state index contributed by atoms with van der Waals surface area (Å²) in [6.45, 7) is 10.5. The summed E-state index contributed by atoms with van der Waals surface area (Å²) in [5.41, 5.74) is 1.91. The van der Waals surface area contributed by atoms with Gasteiger partial charge in [-0.3, -0.25) is 9.48 Å². The fourth-order valence-electron chi connectivity index (χ4n) is 3.55. The second-order valence-electron chi connectivity index (χ2n) is 7.11. The first kappa shape index (κ1) is 17.9. The first-order valence-electron chi connectivity index (χ1n) is 8.21. The molecule has 0 bridgehead atoms. The molecule has 0 aliphatic heterocycles. The summed E-state index contributed by atoms with van der Waals surface area (Å²) in [6, 6.07) is 0. The minimum atomic E-state index is -0.617. The van der Waals surface area contributed by atoms with Crippen LogP contribution in [0, 0.1) is 19.3 Å². The Labute approximate surface area is 138 Å². The molecule has 0 unspecified atom stereocenters. The van der Waals surface area contributed by atoms with Gasteiger partial charge in [0.05, 0.1) is 30.4 Å². The van der Waals surface area contributed by atoms with Gasteiger partial charge in [0.25, 0.3) is 0 Å². The maximum absolute atomic E-state index is 12.5. The number of nitrogens with zero attached hydrogens (tertiary/aromatic N) is 2. The van der Waals surface area contributed by atoms with Crippen LogP contribution in [0.25, 0.3) is 0 Å². The molecule has 2 N–H and O–H groups in total. The van der Waals surface area contributed by atoms with Gasteiger partial charge in [0.1, 0.15) is 0 Å². The molecule has 0 radical (unpaired) electrons. The highest BCUT2D eigenvalue weighted by Gasteiger charge is 2.61. The number of amides is 1. The Morgan fingerprint density at radius 2 is 2.13 bits per heavy atom. The van der Waals surface area contributed by atoms with E-state index in [2.05, 4.69) is 10.4 Å². The molecular formula is C17H29N3O3. The number of carbonyl (C=O) groups excluding carboxylic acids is 1. The number of ether oxygens (including phenoxy) is 1. The number of hydrogen-bond acceptors (Lipinski definition) is 4. The van der Waals surface area contributed by atoms with E-state index >= 15 is 0 Å². The molecule has 2 rings (SSSR count). The van der Waals surface area contributed by atoms with E-state index in [0.29, 0.717) is 13.0 Å². The molecule has 23 heavy (non-hydrogen) atoms. The number of carbonyl (C=O) groups is 1. The number of rotatable bonds is 6. The quantitative estimate of drug-likeness (QED) is 0.826. The molecule has 1 amide bonds. The lowest BCUT2D eigenvalue weighted by molar-refractivity contribution is -0.180. The predicted molar refractivity (Wildman–Crippen MR) is 88.2 cm³/mol. The molecule has 1 aromatic rings. The Balaban J connectivity index is 2.10. The van der Waals surface area contributed by atoms with Crippen LogP contribution in [0.2, 0.25) is 0 Å². The van der Waals surface area contributed by atoms with Crippen LogP contribution in [0.15, 0.2) is 0 Å². The van der Waals surface area contributed by atoms with Crippen molar-refractivity contribution >= 4 is 5.91 Å². The standard InChI is InChI=1S/C17H29N3O3/c1-7-23-14-9-17(10-21,16(14,4)5)18-15(22)8-13-11(2)19-20(6)12(13)3/h14,21H,7-10H2,1-6H3,(H,18,22)/t14-,17+/m1/s1. The molecule has 1 aliphatic carbocycles. The normalized spacial score (nSPS) is 26.0. The molecule has 2 atom stereocenters. The summed E-state index contributed by atoms with van der Waals surface area (Å²) in [5.74, 6) is -0.0822. The fraction of sp³-hybridized carbons (Fsp3) is 0.765. The molecule has 1 saturated carbocycles. The van der Waals surface area contributed by atoms with E-state index in [9.17, 15) is 9.90 Å². The van der Waals surface area contributed by atoms with E-state index in [4.69, 9.17) is 4.74 Å². The molecule has 130 valence electrons. The molecule has 6 heteroatoms. The van der Waals surface area contributed by atoms with E-state index in [1.165, 1.54) is 0 Å². The summed E-state index contributed by atoms with van der Waals surface area (Å²) in [5, 5.41) is 17.3. The van der Waals surface area contributed by atoms with Crippen molar-refractivity contribution in [2.24, 2.45) is 12.5 Å². The summed E-state index contributed by atoms with van der Waals surface area (Å²) < 4.78 is 7.51. The van der Waals surface area contributed by atoms with E-state index < -0.39 is 5.54 Å². The van der Waals surface area contributed by atoms with Crippen molar-refractivity contribution in [2.45, 2.75) is 59.1 Å². The highest BCUT2D eigenvalue weighted by Crippen LogP contribution is 2.51. The van der Waals surface area contributed by atoms with Gasteiger partial charge in [0, 0.05) is 36.7 Å². The van der Waals surface area contributed by atoms with Crippen LogP contribution < -0.4 is 5.32 Å². The third kappa shape index (κ3) is 2.90. The summed E-state index contributed by atoms with van der Waals surface area (Å²) in [4.78, 5) is 12.5. The zero-order chi connectivity index (χ0) is 17.4. The number of hydrogen-bond donors (Lipinski definition) is 2. The van der Waals surface area contributed by atoms with Gasteiger partial charge in [-0.1, -0.05) is 13.8 Å². The topological polar surface area (TPSA) is 76.4 Å². The smallest absolute Gasteiger partial charge is 0.225 e. The van der Waals surface area contributed by atoms with Crippen molar-refractivity contribution in [3.05, 3.63) is 17.0 Å². The lowest BCUT2D eigenvalue weighted by Gasteiger charge is -2.60. The van der Waals surface area contributed by atoms with Crippen LogP contribution >= 0.6 is 0 Å². The van der Waals surface area contributed by atoms with Crippen LogP contribution in [-0.4, -0.2) is 45.7 Å². The Morgan fingerprint density at radius 1 is 1.48 bits per heavy atom. The predicted octanol–water partition coefficient (Wildman–Crippen LogP) is 1.26. The minimum absolute atomic E-state index is 0.0572. The number of nitrogens with one attached hydrogen (secondary N) is 1. The molecular weight excluding hydrogens is 294 g/mol. The van der Waals surface area contributed by atoms with Gasteiger partial charge < -0.3 is 15.2 Å². The highest BCUT2D eigenvalue weighted by atomic mass is 16.5. The molecule has 6 nitrogen and oxygen atoms in total. The fourth-order valence-corrected chi connectivity index (χ4v) is 3.55. The number of aromatic nitrogens is 2. The molecule has 0 spiro atoms. The SMILES string of the molecule is CCO[C@@H]1C[C@@](CO)(NC(=O)Cc2c(C)nn(C)c2C)C1(C)C. The van der Waals surface area contributed by atoms with Crippen molar-refractivity contribution in [2.75, 3.05) is 13.2 Å². The Kier molecular flexibility index (Phi) is 4.87. The highest BCUT2D eigenvalue weighted by molar-refractivity contribution is 5.80. The van der Waals surface area contributed by atoms with Crippen LogP contribution in [0.1, 0.15) is 44.1 Å².